The monoisotopic (exact) mass is 306 g/mol. The van der Waals surface area contributed by atoms with Crippen LogP contribution in [-0.2, 0) is 9.53 Å². The minimum absolute atomic E-state index is 0.0402. The van der Waals surface area contributed by atoms with Crippen molar-refractivity contribution in [1.29, 1.82) is 0 Å². The van der Waals surface area contributed by atoms with Gasteiger partial charge in [0.25, 0.3) is 0 Å². The van der Waals surface area contributed by atoms with Crippen LogP contribution in [-0.4, -0.2) is 17.4 Å². The van der Waals surface area contributed by atoms with Crippen molar-refractivity contribution in [3.8, 4) is 11.1 Å². The Bertz CT molecular complexity index is 607. The van der Waals surface area contributed by atoms with E-state index < -0.39 is 10.8 Å². The molecular weight excluding hydrogens is 295 g/mol. The van der Waals surface area contributed by atoms with Crippen molar-refractivity contribution in [2.75, 3.05) is 6.61 Å². The molecule has 2 aromatic rings. The van der Waals surface area contributed by atoms with Gasteiger partial charge in [0.1, 0.15) is 6.61 Å². The highest BCUT2D eigenvalue weighted by molar-refractivity contribution is 6.52. The SMILES string of the molecule is O=C(OCC1c2ccccc2-c2ccccc21)C(Cl)Cl. The Morgan fingerprint density at radius 2 is 1.50 bits per heavy atom. The molecule has 2 aromatic carbocycles. The lowest BCUT2D eigenvalue weighted by Gasteiger charge is -2.14. The second-order valence-corrected chi connectivity index (χ2v) is 5.75. The van der Waals surface area contributed by atoms with Crippen LogP contribution < -0.4 is 0 Å². The van der Waals surface area contributed by atoms with Crippen LogP contribution in [0.1, 0.15) is 17.0 Å². The molecule has 0 saturated heterocycles. The smallest absolute Gasteiger partial charge is 0.339 e. The molecule has 0 N–H and O–H groups in total. The summed E-state index contributed by atoms with van der Waals surface area (Å²) in [6, 6.07) is 16.3. The second-order valence-electron chi connectivity index (χ2n) is 4.66. The molecule has 0 amide bonds. The van der Waals surface area contributed by atoms with Gasteiger partial charge in [-0.1, -0.05) is 71.7 Å². The van der Waals surface area contributed by atoms with E-state index in [1.807, 2.05) is 24.3 Å². The average molecular weight is 307 g/mol. The third-order valence-electron chi connectivity index (χ3n) is 3.53. The summed E-state index contributed by atoms with van der Waals surface area (Å²) in [5, 5.41) is 0. The molecule has 1 aliphatic rings. The number of carbonyl (C=O) groups excluding carboxylic acids is 1. The molecule has 0 saturated carbocycles. The van der Waals surface area contributed by atoms with Crippen molar-refractivity contribution in [3.63, 3.8) is 0 Å². The number of halogens is 2. The molecule has 0 radical (unpaired) electrons. The first-order valence-corrected chi connectivity index (χ1v) is 7.19. The van der Waals surface area contributed by atoms with E-state index in [0.29, 0.717) is 0 Å². The zero-order chi connectivity index (χ0) is 14.1. The Morgan fingerprint density at radius 1 is 1.00 bits per heavy atom. The molecule has 0 bridgehead atoms. The predicted octanol–water partition coefficient (Wildman–Crippen LogP) is 4.15. The molecule has 20 heavy (non-hydrogen) atoms. The van der Waals surface area contributed by atoms with Crippen LogP contribution in [0.3, 0.4) is 0 Å². The van der Waals surface area contributed by atoms with E-state index in [4.69, 9.17) is 27.9 Å². The first-order chi connectivity index (χ1) is 9.68. The van der Waals surface area contributed by atoms with Gasteiger partial charge in [-0.05, 0) is 22.3 Å². The summed E-state index contributed by atoms with van der Waals surface area (Å²) in [6.07, 6.45) is 0. The quantitative estimate of drug-likeness (QED) is 0.629. The number of alkyl halides is 2. The van der Waals surface area contributed by atoms with Gasteiger partial charge in [0.05, 0.1) is 0 Å². The van der Waals surface area contributed by atoms with Crippen molar-refractivity contribution in [2.24, 2.45) is 0 Å². The maximum absolute atomic E-state index is 11.4. The lowest BCUT2D eigenvalue weighted by molar-refractivity contribution is -0.141. The average Bonchev–Trinajstić information content (AvgIpc) is 2.79. The molecule has 0 atom stereocenters. The van der Waals surface area contributed by atoms with E-state index in [1.54, 1.807) is 0 Å². The van der Waals surface area contributed by atoms with Gasteiger partial charge in [0.2, 0.25) is 4.84 Å². The first kappa shape index (κ1) is 13.5. The molecule has 3 rings (SSSR count). The third kappa shape index (κ3) is 2.30. The van der Waals surface area contributed by atoms with Gasteiger partial charge in [-0.15, -0.1) is 0 Å². The Labute approximate surface area is 127 Å². The van der Waals surface area contributed by atoms with Crippen molar-refractivity contribution in [3.05, 3.63) is 59.7 Å². The van der Waals surface area contributed by atoms with Gasteiger partial charge >= 0.3 is 5.97 Å². The molecule has 0 aromatic heterocycles. The van der Waals surface area contributed by atoms with Crippen LogP contribution in [0.15, 0.2) is 48.5 Å². The van der Waals surface area contributed by atoms with Crippen molar-refractivity contribution < 1.29 is 9.53 Å². The number of benzene rings is 2. The third-order valence-corrected chi connectivity index (χ3v) is 3.89. The minimum Gasteiger partial charge on any atom is -0.463 e. The highest BCUT2D eigenvalue weighted by Crippen LogP contribution is 2.44. The number of hydrogen-bond acceptors (Lipinski definition) is 2. The fourth-order valence-corrected chi connectivity index (χ4v) is 2.79. The summed E-state index contributed by atoms with van der Waals surface area (Å²) < 4.78 is 5.20. The van der Waals surface area contributed by atoms with E-state index in [-0.39, 0.29) is 12.5 Å². The lowest BCUT2D eigenvalue weighted by atomic mass is 9.98. The van der Waals surface area contributed by atoms with Crippen LogP contribution in [0, 0.1) is 0 Å². The van der Waals surface area contributed by atoms with Crippen LogP contribution in [0.5, 0.6) is 0 Å². The van der Waals surface area contributed by atoms with Crippen molar-refractivity contribution in [2.45, 2.75) is 10.8 Å². The highest BCUT2D eigenvalue weighted by Gasteiger charge is 2.29. The Hall–Kier alpha value is -1.51. The number of fused-ring (bicyclic) bond motifs is 3. The van der Waals surface area contributed by atoms with E-state index in [2.05, 4.69) is 24.3 Å². The van der Waals surface area contributed by atoms with Crippen LogP contribution in [0.2, 0.25) is 0 Å². The molecule has 0 unspecified atom stereocenters. The highest BCUT2D eigenvalue weighted by atomic mass is 35.5. The molecule has 1 aliphatic carbocycles. The summed E-state index contributed by atoms with van der Waals surface area (Å²) >= 11 is 11.0. The number of rotatable bonds is 3. The summed E-state index contributed by atoms with van der Waals surface area (Å²) in [4.78, 5) is 10.3. The van der Waals surface area contributed by atoms with Gasteiger partial charge in [0.15, 0.2) is 0 Å². The molecule has 0 fully saturated rings. The molecule has 2 nitrogen and oxygen atoms in total. The van der Waals surface area contributed by atoms with Crippen molar-refractivity contribution >= 4 is 29.2 Å². The summed E-state index contributed by atoms with van der Waals surface area (Å²) in [5.41, 5.74) is 4.72. The molecule has 0 spiro atoms. The van der Waals surface area contributed by atoms with E-state index in [0.717, 1.165) is 0 Å². The van der Waals surface area contributed by atoms with Gasteiger partial charge in [-0.25, -0.2) is 4.79 Å². The Balaban J connectivity index is 1.93. The Kier molecular flexibility index (Phi) is 3.68. The van der Waals surface area contributed by atoms with E-state index >= 15 is 0 Å². The zero-order valence-electron chi connectivity index (χ0n) is 10.6. The number of carbonyl (C=O) groups is 1. The molecule has 4 heteroatoms. The van der Waals surface area contributed by atoms with Gasteiger partial charge in [-0.2, -0.15) is 0 Å². The molecular formula is C16H12Cl2O2. The molecule has 0 aliphatic heterocycles. The fourth-order valence-electron chi connectivity index (χ4n) is 2.67. The van der Waals surface area contributed by atoms with Crippen molar-refractivity contribution in [1.82, 2.24) is 0 Å². The lowest BCUT2D eigenvalue weighted by Crippen LogP contribution is -2.17. The normalized spacial score (nSPS) is 13.2. The standard InChI is InChI=1S/C16H12Cl2O2/c17-15(18)16(19)20-9-14-12-7-3-1-5-10(12)11-6-2-4-8-13(11)14/h1-8,14-15H,9H2. The van der Waals surface area contributed by atoms with Crippen LogP contribution in [0.25, 0.3) is 11.1 Å². The fraction of sp³-hybridized carbons (Fsp3) is 0.188. The number of esters is 1. The molecule has 102 valence electrons. The maximum Gasteiger partial charge on any atom is 0.339 e. The largest absolute Gasteiger partial charge is 0.463 e. The first-order valence-electron chi connectivity index (χ1n) is 6.31. The van der Waals surface area contributed by atoms with Gasteiger partial charge < -0.3 is 4.74 Å². The van der Waals surface area contributed by atoms with Gasteiger partial charge in [-0.3, -0.25) is 0 Å². The predicted molar refractivity (Wildman–Crippen MR) is 80.2 cm³/mol. The van der Waals surface area contributed by atoms with Crippen LogP contribution >= 0.6 is 23.2 Å². The summed E-state index contributed by atoms with van der Waals surface area (Å²) in [7, 11) is 0. The maximum atomic E-state index is 11.4. The second kappa shape index (κ2) is 5.47. The van der Waals surface area contributed by atoms with E-state index in [1.165, 1.54) is 22.3 Å². The van der Waals surface area contributed by atoms with Crippen LogP contribution in [0.4, 0.5) is 0 Å². The zero-order valence-corrected chi connectivity index (χ0v) is 12.1. The number of ether oxygens (including phenoxy) is 1. The van der Waals surface area contributed by atoms with Gasteiger partial charge in [0, 0.05) is 5.92 Å². The summed E-state index contributed by atoms with van der Waals surface area (Å²) in [6.45, 7) is 0.253. The molecule has 0 heterocycles. The van der Waals surface area contributed by atoms with E-state index in [9.17, 15) is 4.79 Å². The topological polar surface area (TPSA) is 26.3 Å². The summed E-state index contributed by atoms with van der Waals surface area (Å²) in [5.74, 6) is -0.561. The minimum atomic E-state index is -1.14. The Morgan fingerprint density at radius 3 is 2.00 bits per heavy atom. The number of hydrogen-bond donors (Lipinski definition) is 0.